The summed E-state index contributed by atoms with van der Waals surface area (Å²) in [6.45, 7) is 7.10. The Bertz CT molecular complexity index is 1370. The minimum atomic E-state index is -2.56. The molecule has 0 amide bonds. The summed E-state index contributed by atoms with van der Waals surface area (Å²) >= 11 is 2.29. The van der Waals surface area contributed by atoms with Gasteiger partial charge in [0.1, 0.15) is 5.75 Å². The summed E-state index contributed by atoms with van der Waals surface area (Å²) in [5, 5.41) is 3.97. The predicted octanol–water partition coefficient (Wildman–Crippen LogP) is 6.76. The molecule has 3 nitrogen and oxygen atoms in total. The number of hydrogen-bond donors (Lipinski definition) is 0. The van der Waals surface area contributed by atoms with Crippen molar-refractivity contribution in [1.29, 1.82) is 0 Å². The van der Waals surface area contributed by atoms with E-state index in [1.165, 1.54) is 15.6 Å². The fourth-order valence-corrected chi connectivity index (χ4v) is 12.1. The Morgan fingerprint density at radius 3 is 1.68 bits per heavy atom. The zero-order valence-electron chi connectivity index (χ0n) is 22.9. The monoisotopic (exact) mass is 634 g/mol. The molecule has 38 heavy (non-hydrogen) atoms. The number of hydrogen-bond acceptors (Lipinski definition) is 3. The summed E-state index contributed by atoms with van der Waals surface area (Å²) in [7, 11) is 2.55. The van der Waals surface area contributed by atoms with Crippen LogP contribution < -0.4 is 29.8 Å². The first kappa shape index (κ1) is 28.0. The molecule has 0 atom stereocenters. The van der Waals surface area contributed by atoms with E-state index >= 15 is 0 Å². The van der Waals surface area contributed by atoms with E-state index in [1.807, 2.05) is 6.07 Å². The number of methoxy groups -OCH3 is 3. The summed E-state index contributed by atoms with van der Waals surface area (Å²) < 4.78 is 18.1. The molecule has 0 aromatic heterocycles. The van der Waals surface area contributed by atoms with Crippen molar-refractivity contribution in [2.45, 2.75) is 25.8 Å². The lowest BCUT2D eigenvalue weighted by molar-refractivity contribution is 0.353. The standard InChI is InChI=1S/C33H35IO3Si/c1-33(2,3)38(26-13-9-7-10-14-26,27-15-11-8-12-16-27)31-23-24(19-20-29(31)35-4)17-18-25-21-28(34)32(37-6)30(22-25)36-5/h7-23H,1-6H3/b18-17-. The third-order valence-corrected chi connectivity index (χ3v) is 13.7. The van der Waals surface area contributed by atoms with Crippen LogP contribution >= 0.6 is 22.6 Å². The van der Waals surface area contributed by atoms with Gasteiger partial charge in [0.2, 0.25) is 0 Å². The zero-order valence-corrected chi connectivity index (χ0v) is 26.1. The third-order valence-electron chi connectivity index (χ3n) is 7.09. The average molecular weight is 635 g/mol. The number of halogens is 1. The topological polar surface area (TPSA) is 27.7 Å². The first-order valence-electron chi connectivity index (χ1n) is 12.7. The van der Waals surface area contributed by atoms with Crippen molar-refractivity contribution in [2.75, 3.05) is 21.3 Å². The van der Waals surface area contributed by atoms with Crippen LogP contribution in [0.1, 0.15) is 31.9 Å². The lowest BCUT2D eigenvalue weighted by atomic mass is 10.1. The summed E-state index contributed by atoms with van der Waals surface area (Å²) in [6.07, 6.45) is 4.29. The van der Waals surface area contributed by atoms with E-state index in [2.05, 4.69) is 140 Å². The maximum atomic E-state index is 6.06. The van der Waals surface area contributed by atoms with Crippen LogP contribution in [0.5, 0.6) is 17.2 Å². The predicted molar refractivity (Wildman–Crippen MR) is 171 cm³/mol. The van der Waals surface area contributed by atoms with Crippen LogP contribution in [0.15, 0.2) is 91.0 Å². The molecule has 0 saturated carbocycles. The Hall–Kier alpha value is -3.03. The molecule has 0 radical (unpaired) electrons. The van der Waals surface area contributed by atoms with Gasteiger partial charge in [-0.15, -0.1) is 0 Å². The second-order valence-electron chi connectivity index (χ2n) is 10.3. The molecule has 4 aromatic carbocycles. The van der Waals surface area contributed by atoms with E-state index < -0.39 is 8.07 Å². The molecule has 5 heteroatoms. The number of rotatable bonds is 8. The quantitative estimate of drug-likeness (QED) is 0.0929. The Morgan fingerprint density at radius 2 is 1.18 bits per heavy atom. The molecule has 0 N–H and O–H groups in total. The highest BCUT2D eigenvalue weighted by Crippen LogP contribution is 2.38. The summed E-state index contributed by atoms with van der Waals surface area (Å²) in [5.74, 6) is 2.41. The highest BCUT2D eigenvalue weighted by atomic mass is 127. The fraction of sp³-hybridized carbons (Fsp3) is 0.212. The van der Waals surface area contributed by atoms with E-state index in [-0.39, 0.29) is 5.04 Å². The normalized spacial score (nSPS) is 12.0. The van der Waals surface area contributed by atoms with Crippen molar-refractivity contribution in [1.82, 2.24) is 0 Å². The molecule has 0 aliphatic carbocycles. The van der Waals surface area contributed by atoms with Gasteiger partial charge in [0.05, 0.1) is 24.9 Å². The lowest BCUT2D eigenvalue weighted by Crippen LogP contribution is -2.72. The SMILES string of the molecule is COc1ccc(/C=C\c2cc(I)c(OC)c(OC)c2)cc1[Si](c1ccccc1)(c1ccccc1)C(C)(C)C. The minimum Gasteiger partial charge on any atom is -0.497 e. The first-order valence-corrected chi connectivity index (χ1v) is 15.7. The molecule has 0 aliphatic rings. The molecule has 0 unspecified atom stereocenters. The molecule has 0 saturated heterocycles. The Labute approximate surface area is 241 Å². The Morgan fingerprint density at radius 1 is 0.632 bits per heavy atom. The molecule has 0 bridgehead atoms. The average Bonchev–Trinajstić information content (AvgIpc) is 2.92. The van der Waals surface area contributed by atoms with Gasteiger partial charge in [-0.05, 0) is 72.5 Å². The summed E-state index contributed by atoms with van der Waals surface area (Å²) in [4.78, 5) is 0. The van der Waals surface area contributed by atoms with Crippen LogP contribution in [0.3, 0.4) is 0 Å². The number of benzene rings is 4. The Kier molecular flexibility index (Phi) is 8.68. The van der Waals surface area contributed by atoms with Gasteiger partial charge in [-0.1, -0.05) is 106 Å². The van der Waals surface area contributed by atoms with Gasteiger partial charge in [0.15, 0.2) is 19.6 Å². The van der Waals surface area contributed by atoms with Crippen molar-refractivity contribution >= 4 is 58.4 Å². The molecule has 0 spiro atoms. The van der Waals surface area contributed by atoms with Crippen LogP contribution in [-0.2, 0) is 0 Å². The van der Waals surface area contributed by atoms with E-state index in [0.717, 1.165) is 31.9 Å². The fourth-order valence-electron chi connectivity index (χ4n) is 5.47. The van der Waals surface area contributed by atoms with Crippen LogP contribution in [0.2, 0.25) is 5.04 Å². The maximum absolute atomic E-state index is 6.06. The molecule has 0 heterocycles. The van der Waals surface area contributed by atoms with Gasteiger partial charge < -0.3 is 14.2 Å². The number of ether oxygens (including phenoxy) is 3. The van der Waals surface area contributed by atoms with E-state index in [1.54, 1.807) is 21.3 Å². The van der Waals surface area contributed by atoms with Gasteiger partial charge in [-0.25, -0.2) is 0 Å². The van der Waals surface area contributed by atoms with Gasteiger partial charge in [0.25, 0.3) is 0 Å². The molecule has 196 valence electrons. The summed E-state index contributed by atoms with van der Waals surface area (Å²) in [5.41, 5.74) is 2.17. The molecular formula is C33H35IO3Si. The molecule has 4 rings (SSSR count). The van der Waals surface area contributed by atoms with Gasteiger partial charge in [0, 0.05) is 0 Å². The van der Waals surface area contributed by atoms with Crippen LogP contribution in [-0.4, -0.2) is 29.4 Å². The second-order valence-corrected chi connectivity index (χ2v) is 16.1. The van der Waals surface area contributed by atoms with Crippen LogP contribution in [0.4, 0.5) is 0 Å². The second kappa shape index (κ2) is 11.8. The minimum absolute atomic E-state index is 0.0369. The molecule has 0 fully saturated rings. The van der Waals surface area contributed by atoms with Crippen LogP contribution in [0.25, 0.3) is 12.2 Å². The zero-order chi connectivity index (χ0) is 27.3. The van der Waals surface area contributed by atoms with Crippen molar-refractivity contribution in [3.05, 3.63) is 106 Å². The van der Waals surface area contributed by atoms with Crippen molar-refractivity contribution in [2.24, 2.45) is 0 Å². The van der Waals surface area contributed by atoms with Crippen molar-refractivity contribution < 1.29 is 14.2 Å². The molecule has 4 aromatic rings. The first-order chi connectivity index (χ1) is 18.3. The highest BCUT2D eigenvalue weighted by Gasteiger charge is 2.50. The summed E-state index contributed by atoms with van der Waals surface area (Å²) in [6, 6.07) is 32.6. The van der Waals surface area contributed by atoms with Crippen molar-refractivity contribution in [3.8, 4) is 17.2 Å². The van der Waals surface area contributed by atoms with E-state index in [4.69, 9.17) is 14.2 Å². The van der Waals surface area contributed by atoms with Gasteiger partial charge >= 0.3 is 0 Å². The van der Waals surface area contributed by atoms with Crippen molar-refractivity contribution in [3.63, 3.8) is 0 Å². The highest BCUT2D eigenvalue weighted by molar-refractivity contribution is 14.1. The largest absolute Gasteiger partial charge is 0.497 e. The lowest BCUT2D eigenvalue weighted by Gasteiger charge is -2.45. The van der Waals surface area contributed by atoms with Crippen LogP contribution in [0, 0.1) is 3.57 Å². The Balaban J connectivity index is 1.94. The molecule has 0 aliphatic heterocycles. The van der Waals surface area contributed by atoms with Gasteiger partial charge in [-0.2, -0.15) is 0 Å². The van der Waals surface area contributed by atoms with Gasteiger partial charge in [-0.3, -0.25) is 0 Å². The third kappa shape index (κ3) is 5.27. The smallest absolute Gasteiger partial charge is 0.174 e. The van der Waals surface area contributed by atoms with E-state index in [0.29, 0.717) is 0 Å². The van der Waals surface area contributed by atoms with E-state index in [9.17, 15) is 0 Å². The maximum Gasteiger partial charge on any atom is 0.174 e. The molecular weight excluding hydrogens is 599 g/mol.